The fraction of sp³-hybridized carbons (Fsp3) is 0.348. The van der Waals surface area contributed by atoms with Gasteiger partial charge in [0.1, 0.15) is 0 Å². The molecule has 0 radical (unpaired) electrons. The van der Waals surface area contributed by atoms with Crippen LogP contribution in [0.25, 0.3) is 10.9 Å². The molecule has 0 aliphatic heterocycles. The molecule has 1 heterocycles. The lowest BCUT2D eigenvalue weighted by molar-refractivity contribution is 0.170. The Labute approximate surface area is 175 Å². The van der Waals surface area contributed by atoms with Crippen molar-refractivity contribution in [1.82, 2.24) is 15.1 Å². The summed E-state index contributed by atoms with van der Waals surface area (Å²) in [5.74, 6) is 0. The highest BCUT2D eigenvalue weighted by Crippen LogP contribution is 2.34. The van der Waals surface area contributed by atoms with Crippen LogP contribution in [0.4, 0.5) is 15.3 Å². The molecule has 0 saturated carbocycles. The molecule has 2 N–H and O–H groups in total. The lowest BCUT2D eigenvalue weighted by Gasteiger charge is -2.21. The smallest absolute Gasteiger partial charge is 0.434 e. The molecule has 2 aromatic carbocycles. The zero-order valence-corrected chi connectivity index (χ0v) is 17.7. The Bertz CT molecular complexity index is 1130. The van der Waals surface area contributed by atoms with Crippen molar-refractivity contribution in [3.63, 3.8) is 0 Å². The number of aryl methyl sites for hydroxylation is 1. The van der Waals surface area contributed by atoms with Crippen LogP contribution in [0.5, 0.6) is 0 Å². The third-order valence-corrected chi connectivity index (χ3v) is 5.60. The number of urea groups is 1. The second-order valence-electron chi connectivity index (χ2n) is 8.62. The second-order valence-corrected chi connectivity index (χ2v) is 8.62. The van der Waals surface area contributed by atoms with Gasteiger partial charge in [-0.1, -0.05) is 45.0 Å². The topological polar surface area (TPSA) is 85.2 Å². The first-order valence-corrected chi connectivity index (χ1v) is 10.0. The van der Waals surface area contributed by atoms with E-state index in [0.717, 1.165) is 12.8 Å². The van der Waals surface area contributed by atoms with Crippen molar-refractivity contribution in [2.45, 2.75) is 45.1 Å². The summed E-state index contributed by atoms with van der Waals surface area (Å²) in [5, 5.41) is 10.7. The Kier molecular flexibility index (Phi) is 4.97. The van der Waals surface area contributed by atoms with Gasteiger partial charge in [-0.3, -0.25) is 0 Å². The van der Waals surface area contributed by atoms with Gasteiger partial charge in [0.25, 0.3) is 0 Å². The zero-order chi connectivity index (χ0) is 21.5. The number of benzene rings is 2. The van der Waals surface area contributed by atoms with Crippen molar-refractivity contribution < 1.29 is 14.3 Å². The number of aromatic nitrogens is 2. The SMILES string of the molecule is COC(=O)n1ncc2c(NC(=O)NC3CCc4cc(C(C)(C)C)ccc43)cccc21. The van der Waals surface area contributed by atoms with Crippen molar-refractivity contribution in [2.24, 2.45) is 0 Å². The van der Waals surface area contributed by atoms with E-state index >= 15 is 0 Å². The number of hydrogen-bond acceptors (Lipinski definition) is 4. The molecule has 1 atom stereocenters. The third kappa shape index (κ3) is 3.63. The van der Waals surface area contributed by atoms with Gasteiger partial charge >= 0.3 is 12.1 Å². The highest BCUT2D eigenvalue weighted by Gasteiger charge is 2.26. The number of amides is 2. The molecule has 0 bridgehead atoms. The number of rotatable bonds is 2. The molecule has 0 spiro atoms. The standard InChI is InChI=1S/C23H26N4O3/c1-23(2,3)15-9-10-16-14(12-15)8-11-19(16)26-21(28)25-18-6-5-7-20-17(18)13-24-27(20)22(29)30-4/h5-7,9-10,12-13,19H,8,11H2,1-4H3,(H2,25,26,28). The van der Waals surface area contributed by atoms with Gasteiger partial charge in [-0.2, -0.15) is 9.78 Å². The summed E-state index contributed by atoms with van der Waals surface area (Å²) in [4.78, 5) is 24.5. The van der Waals surface area contributed by atoms with Gasteiger partial charge in [0.15, 0.2) is 0 Å². The van der Waals surface area contributed by atoms with E-state index in [0.29, 0.717) is 16.6 Å². The monoisotopic (exact) mass is 406 g/mol. The summed E-state index contributed by atoms with van der Waals surface area (Å²) in [7, 11) is 1.30. The van der Waals surface area contributed by atoms with E-state index in [1.54, 1.807) is 24.4 Å². The van der Waals surface area contributed by atoms with Crippen LogP contribution in [0, 0.1) is 0 Å². The normalized spacial score (nSPS) is 15.7. The molecule has 1 aliphatic rings. The molecule has 0 saturated heterocycles. The highest BCUT2D eigenvalue weighted by molar-refractivity contribution is 6.02. The molecule has 3 aromatic rings. The molecule has 1 aromatic heterocycles. The Morgan fingerprint density at radius 3 is 2.73 bits per heavy atom. The van der Waals surface area contributed by atoms with Crippen molar-refractivity contribution >= 4 is 28.7 Å². The first-order valence-electron chi connectivity index (χ1n) is 10.0. The maximum atomic E-state index is 12.7. The second kappa shape index (κ2) is 7.48. The summed E-state index contributed by atoms with van der Waals surface area (Å²) < 4.78 is 5.90. The largest absolute Gasteiger partial charge is 0.451 e. The summed E-state index contributed by atoms with van der Waals surface area (Å²) in [6.45, 7) is 6.61. The molecule has 7 heteroatoms. The maximum absolute atomic E-state index is 12.7. The molecule has 156 valence electrons. The first-order chi connectivity index (χ1) is 14.3. The molecule has 2 amide bonds. The molecule has 30 heavy (non-hydrogen) atoms. The van der Waals surface area contributed by atoms with Crippen LogP contribution in [0.15, 0.2) is 42.6 Å². The van der Waals surface area contributed by atoms with Crippen molar-refractivity contribution in [3.8, 4) is 0 Å². The van der Waals surface area contributed by atoms with Crippen LogP contribution in [-0.2, 0) is 16.6 Å². The lowest BCUT2D eigenvalue weighted by Crippen LogP contribution is -2.31. The number of nitrogens with zero attached hydrogens (tertiary/aromatic N) is 2. The minimum Gasteiger partial charge on any atom is -0.451 e. The number of anilines is 1. The van der Waals surface area contributed by atoms with Crippen molar-refractivity contribution in [1.29, 1.82) is 0 Å². The fourth-order valence-corrected chi connectivity index (χ4v) is 3.94. The van der Waals surface area contributed by atoms with Crippen LogP contribution in [0.2, 0.25) is 0 Å². The van der Waals surface area contributed by atoms with Crippen LogP contribution < -0.4 is 10.6 Å². The highest BCUT2D eigenvalue weighted by atomic mass is 16.5. The Balaban J connectivity index is 1.51. The van der Waals surface area contributed by atoms with Crippen molar-refractivity contribution in [2.75, 3.05) is 12.4 Å². The predicted octanol–water partition coefficient (Wildman–Crippen LogP) is 4.76. The van der Waals surface area contributed by atoms with Gasteiger partial charge in [-0.25, -0.2) is 9.59 Å². The van der Waals surface area contributed by atoms with E-state index in [1.807, 2.05) is 0 Å². The van der Waals surface area contributed by atoms with Gasteiger partial charge in [-0.15, -0.1) is 0 Å². The quantitative estimate of drug-likeness (QED) is 0.643. The first kappa shape index (κ1) is 19.9. The molecule has 1 unspecified atom stereocenters. The van der Waals surface area contributed by atoms with Gasteiger partial charge in [0.2, 0.25) is 0 Å². The van der Waals surface area contributed by atoms with Crippen LogP contribution >= 0.6 is 0 Å². The van der Waals surface area contributed by atoms with Crippen molar-refractivity contribution in [3.05, 3.63) is 59.3 Å². The number of carbonyl (C=O) groups is 2. The van der Waals surface area contributed by atoms with Crippen LogP contribution in [0.3, 0.4) is 0 Å². The Morgan fingerprint density at radius 1 is 1.20 bits per heavy atom. The number of hydrogen-bond donors (Lipinski definition) is 2. The summed E-state index contributed by atoms with van der Waals surface area (Å²) in [6.07, 6.45) is 2.79. The summed E-state index contributed by atoms with van der Waals surface area (Å²) >= 11 is 0. The number of fused-ring (bicyclic) bond motifs is 2. The molecule has 1 aliphatic carbocycles. The molecular weight excluding hydrogens is 380 g/mol. The minimum absolute atomic E-state index is 0.0222. The predicted molar refractivity (Wildman–Crippen MR) is 116 cm³/mol. The van der Waals surface area contributed by atoms with E-state index in [9.17, 15) is 9.59 Å². The third-order valence-electron chi connectivity index (χ3n) is 5.60. The van der Waals surface area contributed by atoms with Crippen LogP contribution in [-0.4, -0.2) is 29.0 Å². The number of carbonyl (C=O) groups excluding carboxylic acids is 2. The van der Waals surface area contributed by atoms with E-state index in [4.69, 9.17) is 4.74 Å². The molecule has 7 nitrogen and oxygen atoms in total. The van der Waals surface area contributed by atoms with E-state index in [-0.39, 0.29) is 17.5 Å². The number of nitrogens with one attached hydrogen (secondary N) is 2. The van der Waals surface area contributed by atoms with E-state index < -0.39 is 6.09 Å². The van der Waals surface area contributed by atoms with Crippen LogP contribution in [0.1, 0.15) is 49.9 Å². The lowest BCUT2D eigenvalue weighted by atomic mass is 9.85. The van der Waals surface area contributed by atoms with Gasteiger partial charge in [0.05, 0.1) is 30.6 Å². The molecule has 4 rings (SSSR count). The van der Waals surface area contributed by atoms with Gasteiger partial charge < -0.3 is 15.4 Å². The summed E-state index contributed by atoms with van der Waals surface area (Å²) in [6, 6.07) is 11.5. The number of methoxy groups -OCH3 is 1. The van der Waals surface area contributed by atoms with E-state index in [2.05, 4.69) is 54.7 Å². The number of ether oxygens (including phenoxy) is 1. The van der Waals surface area contributed by atoms with Gasteiger partial charge in [0, 0.05) is 5.39 Å². The fourth-order valence-electron chi connectivity index (χ4n) is 3.94. The minimum atomic E-state index is -0.580. The van der Waals surface area contributed by atoms with E-state index in [1.165, 1.54) is 28.5 Å². The summed E-state index contributed by atoms with van der Waals surface area (Å²) in [5.41, 5.74) is 5.04. The molecular formula is C23H26N4O3. The maximum Gasteiger partial charge on any atom is 0.434 e. The average molecular weight is 406 g/mol. The molecule has 0 fully saturated rings. The average Bonchev–Trinajstić information content (AvgIpc) is 3.31. The Hall–Kier alpha value is -3.35. The Morgan fingerprint density at radius 2 is 2.00 bits per heavy atom. The van der Waals surface area contributed by atoms with Gasteiger partial charge in [-0.05, 0) is 47.1 Å². The zero-order valence-electron chi connectivity index (χ0n) is 17.7.